The van der Waals surface area contributed by atoms with Crippen LogP contribution in [0.5, 0.6) is 0 Å². The van der Waals surface area contributed by atoms with Crippen LogP contribution in [-0.2, 0) is 19.8 Å². The van der Waals surface area contributed by atoms with E-state index in [0.717, 1.165) is 16.3 Å². The fourth-order valence-electron chi connectivity index (χ4n) is 3.07. The van der Waals surface area contributed by atoms with Crippen LogP contribution >= 0.6 is 23.4 Å². The highest BCUT2D eigenvalue weighted by atomic mass is 35.5. The molecule has 0 aliphatic carbocycles. The maximum atomic E-state index is 14.2. The third-order valence-corrected chi connectivity index (χ3v) is 6.14. The molecule has 0 atom stereocenters. The molecule has 2 aromatic carbocycles. The van der Waals surface area contributed by atoms with Gasteiger partial charge in [0, 0.05) is 36.0 Å². The highest BCUT2D eigenvalue weighted by Gasteiger charge is 2.19. The zero-order valence-corrected chi connectivity index (χ0v) is 18.0. The van der Waals surface area contributed by atoms with Gasteiger partial charge in [0.25, 0.3) is 5.56 Å². The molecule has 0 amide bonds. The van der Waals surface area contributed by atoms with E-state index >= 15 is 0 Å². The van der Waals surface area contributed by atoms with Gasteiger partial charge in [-0.3, -0.25) is 13.9 Å². The molecule has 0 aliphatic heterocycles. The lowest BCUT2D eigenvalue weighted by atomic mass is 10.2. The van der Waals surface area contributed by atoms with Gasteiger partial charge in [-0.1, -0.05) is 17.7 Å². The highest BCUT2D eigenvalue weighted by Crippen LogP contribution is 2.31. The molecule has 31 heavy (non-hydrogen) atoms. The van der Waals surface area contributed by atoms with E-state index in [1.54, 1.807) is 6.07 Å². The normalized spacial score (nSPS) is 11.3. The molecule has 4 aromatic rings. The van der Waals surface area contributed by atoms with Crippen LogP contribution < -0.4 is 11.2 Å². The Morgan fingerprint density at radius 2 is 1.71 bits per heavy atom. The van der Waals surface area contributed by atoms with Gasteiger partial charge in [-0.05, 0) is 36.4 Å². The summed E-state index contributed by atoms with van der Waals surface area (Å²) >= 11 is 7.23. The van der Waals surface area contributed by atoms with Crippen molar-refractivity contribution in [2.45, 2.75) is 10.8 Å². The van der Waals surface area contributed by atoms with Crippen molar-refractivity contribution < 1.29 is 8.78 Å². The van der Waals surface area contributed by atoms with Gasteiger partial charge >= 0.3 is 5.69 Å². The topological polar surface area (TPSA) is 69.8 Å². The molecule has 0 saturated carbocycles. The Morgan fingerprint density at radius 3 is 2.39 bits per heavy atom. The maximum absolute atomic E-state index is 14.2. The molecule has 2 heterocycles. The lowest BCUT2D eigenvalue weighted by Gasteiger charge is -2.12. The second-order valence-corrected chi connectivity index (χ2v) is 8.12. The lowest BCUT2D eigenvalue weighted by Crippen LogP contribution is -2.37. The number of nitrogens with zero attached hydrogens (tertiary/aromatic N) is 4. The minimum absolute atomic E-state index is 0.104. The van der Waals surface area contributed by atoms with Gasteiger partial charge in [0.15, 0.2) is 11.5 Å². The average molecular weight is 461 g/mol. The van der Waals surface area contributed by atoms with Gasteiger partial charge in [-0.15, -0.1) is 11.8 Å². The van der Waals surface area contributed by atoms with Crippen LogP contribution in [0.1, 0.15) is 5.56 Å². The summed E-state index contributed by atoms with van der Waals surface area (Å²) in [6.45, 7) is 0. The fraction of sp³-hybridized carbons (Fsp3) is 0.143. The molecule has 0 saturated heterocycles. The van der Waals surface area contributed by atoms with E-state index < -0.39 is 22.9 Å². The number of halogens is 3. The van der Waals surface area contributed by atoms with E-state index in [1.165, 1.54) is 55.1 Å². The first kappa shape index (κ1) is 21.2. The number of benzene rings is 2. The van der Waals surface area contributed by atoms with E-state index in [2.05, 4.69) is 9.97 Å². The van der Waals surface area contributed by atoms with Crippen molar-refractivity contribution in [3.05, 3.63) is 85.5 Å². The maximum Gasteiger partial charge on any atom is 0.332 e. The first-order chi connectivity index (χ1) is 14.8. The van der Waals surface area contributed by atoms with E-state index in [0.29, 0.717) is 5.56 Å². The zero-order chi connectivity index (χ0) is 22.3. The minimum Gasteiger partial charge on any atom is -0.280 e. The summed E-state index contributed by atoms with van der Waals surface area (Å²) in [6, 6.07) is 9.90. The number of rotatable bonds is 4. The second kappa shape index (κ2) is 8.24. The predicted octanol–water partition coefficient (Wildman–Crippen LogP) is 3.92. The summed E-state index contributed by atoms with van der Waals surface area (Å²) in [6.07, 6.45) is 0. The van der Waals surface area contributed by atoms with Crippen molar-refractivity contribution in [1.29, 1.82) is 0 Å². The fourth-order valence-corrected chi connectivity index (χ4v) is 4.43. The largest absolute Gasteiger partial charge is 0.332 e. The van der Waals surface area contributed by atoms with Gasteiger partial charge < -0.3 is 0 Å². The smallest absolute Gasteiger partial charge is 0.280 e. The number of hydrogen-bond donors (Lipinski definition) is 0. The molecule has 0 bridgehead atoms. The van der Waals surface area contributed by atoms with Crippen LogP contribution in [0, 0.1) is 11.6 Å². The first-order valence-corrected chi connectivity index (χ1v) is 10.4. The molecule has 4 rings (SSSR count). The van der Waals surface area contributed by atoms with Gasteiger partial charge in [0.05, 0.1) is 0 Å². The Morgan fingerprint density at radius 1 is 1.00 bits per heavy atom. The summed E-state index contributed by atoms with van der Waals surface area (Å²) in [7, 11) is 2.86. The third-order valence-electron chi connectivity index (χ3n) is 4.78. The summed E-state index contributed by atoms with van der Waals surface area (Å²) in [5, 5.41) is 0.651. The van der Waals surface area contributed by atoms with E-state index in [9.17, 15) is 18.4 Å². The molecule has 0 aliphatic rings. The second-order valence-electron chi connectivity index (χ2n) is 6.75. The first-order valence-electron chi connectivity index (χ1n) is 9.07. The van der Waals surface area contributed by atoms with E-state index in [-0.39, 0.29) is 38.2 Å². The SMILES string of the molecule is Cn1c(=O)c2c(SCc3c(F)cccc3Cl)nc(-c3ccc(F)cc3)nc2n(C)c1=O. The highest BCUT2D eigenvalue weighted by molar-refractivity contribution is 7.98. The quantitative estimate of drug-likeness (QED) is 0.341. The van der Waals surface area contributed by atoms with Crippen LogP contribution in [0.15, 0.2) is 57.1 Å². The van der Waals surface area contributed by atoms with Crippen LogP contribution in [0.25, 0.3) is 22.4 Å². The zero-order valence-electron chi connectivity index (χ0n) is 16.4. The van der Waals surface area contributed by atoms with E-state index in [1.807, 2.05) is 0 Å². The lowest BCUT2D eigenvalue weighted by molar-refractivity contribution is 0.617. The monoisotopic (exact) mass is 460 g/mol. The van der Waals surface area contributed by atoms with Crippen molar-refractivity contribution in [3.8, 4) is 11.4 Å². The van der Waals surface area contributed by atoms with Gasteiger partial charge in [-0.2, -0.15) is 0 Å². The van der Waals surface area contributed by atoms with Crippen molar-refractivity contribution in [3.63, 3.8) is 0 Å². The number of thioether (sulfide) groups is 1. The summed E-state index contributed by atoms with van der Waals surface area (Å²) in [5.74, 6) is -0.586. The Kier molecular flexibility index (Phi) is 5.63. The summed E-state index contributed by atoms with van der Waals surface area (Å²) < 4.78 is 29.8. The summed E-state index contributed by atoms with van der Waals surface area (Å²) in [4.78, 5) is 34.2. The number of hydrogen-bond acceptors (Lipinski definition) is 5. The average Bonchev–Trinajstić information content (AvgIpc) is 2.76. The van der Waals surface area contributed by atoms with Crippen molar-refractivity contribution in [1.82, 2.24) is 19.1 Å². The molecular weight excluding hydrogens is 446 g/mol. The minimum atomic E-state index is -0.564. The molecule has 0 radical (unpaired) electrons. The molecular formula is C21H15ClF2N4O2S. The molecule has 10 heteroatoms. The van der Waals surface area contributed by atoms with Gasteiger partial charge in [0.2, 0.25) is 0 Å². The molecule has 0 N–H and O–H groups in total. The summed E-state index contributed by atoms with van der Waals surface area (Å²) in [5.41, 5.74) is -0.210. The van der Waals surface area contributed by atoms with Crippen molar-refractivity contribution in [2.75, 3.05) is 0 Å². The van der Waals surface area contributed by atoms with Crippen LogP contribution in [0.2, 0.25) is 5.02 Å². The van der Waals surface area contributed by atoms with Gasteiger partial charge in [0.1, 0.15) is 22.0 Å². The molecule has 0 unspecified atom stereocenters. The number of aromatic nitrogens is 4. The van der Waals surface area contributed by atoms with E-state index in [4.69, 9.17) is 11.6 Å². The predicted molar refractivity (Wildman–Crippen MR) is 116 cm³/mol. The Balaban J connectivity index is 1.94. The number of fused-ring (bicyclic) bond motifs is 1. The Hall–Kier alpha value is -3.04. The molecule has 2 aromatic heterocycles. The Labute approximate surface area is 184 Å². The Bertz CT molecular complexity index is 1410. The molecule has 6 nitrogen and oxygen atoms in total. The molecule has 0 fully saturated rings. The van der Waals surface area contributed by atoms with Crippen molar-refractivity contribution >= 4 is 34.4 Å². The van der Waals surface area contributed by atoms with Crippen LogP contribution in [0.3, 0.4) is 0 Å². The number of aryl methyl sites for hydroxylation is 1. The van der Waals surface area contributed by atoms with Gasteiger partial charge in [-0.25, -0.2) is 23.5 Å². The third kappa shape index (κ3) is 3.86. The molecule has 0 spiro atoms. The standard InChI is InChI=1S/C21H15ClF2N4O2S/c1-27-18-16(20(29)28(2)21(27)30)19(31-10-13-14(22)4-3-5-15(13)24)26-17(25-18)11-6-8-12(23)9-7-11/h3-9H,10H2,1-2H3. The van der Waals surface area contributed by atoms with Crippen LogP contribution in [0.4, 0.5) is 8.78 Å². The van der Waals surface area contributed by atoms with Crippen LogP contribution in [-0.4, -0.2) is 19.1 Å². The molecule has 158 valence electrons. The van der Waals surface area contributed by atoms with Crippen molar-refractivity contribution in [2.24, 2.45) is 14.1 Å².